The second-order valence-corrected chi connectivity index (χ2v) is 7.01. The van der Waals surface area contributed by atoms with E-state index < -0.39 is 18.1 Å². The molecule has 0 aromatic heterocycles. The molecule has 80 valence electrons. The third-order valence-electron chi connectivity index (χ3n) is 2.04. The first-order chi connectivity index (χ1) is 5.62. The van der Waals surface area contributed by atoms with Crippen molar-refractivity contribution in [3.63, 3.8) is 0 Å². The van der Waals surface area contributed by atoms with Gasteiger partial charge in [-0.3, -0.25) is 14.2 Å². The van der Waals surface area contributed by atoms with E-state index in [0.29, 0.717) is 0 Å². The molecule has 0 unspecified atom stereocenters. The molecule has 0 aromatic carbocycles. The summed E-state index contributed by atoms with van der Waals surface area (Å²) in [5.74, 6) is 9.83. The highest BCUT2D eigenvalue weighted by molar-refractivity contribution is 7.60. The molecule has 6 nitrogen and oxygen atoms in total. The Morgan fingerprint density at radius 2 is 1.31 bits per heavy atom. The zero-order valence-corrected chi connectivity index (χ0v) is 9.17. The van der Waals surface area contributed by atoms with Crippen molar-refractivity contribution in [1.29, 1.82) is 0 Å². The Bertz CT molecular complexity index is 209. The second kappa shape index (κ2) is 3.65. The maximum atomic E-state index is 11.9. The summed E-state index contributed by atoms with van der Waals surface area (Å²) in [6.07, 6.45) is 0. The van der Waals surface area contributed by atoms with Gasteiger partial charge in [0.1, 0.15) is 0 Å². The predicted octanol–water partition coefficient (Wildman–Crippen LogP) is 0.510. The van der Waals surface area contributed by atoms with Gasteiger partial charge in [-0.05, 0) is 27.7 Å². The second-order valence-electron chi connectivity index (χ2n) is 3.71. The zero-order valence-electron chi connectivity index (χ0n) is 8.27. The Hall–Kier alpha value is 0.0300. The molecule has 0 rings (SSSR count). The summed E-state index contributed by atoms with van der Waals surface area (Å²) in [6, 6.07) is 0. The largest absolute Gasteiger partial charge is 0.340 e. The van der Waals surface area contributed by atoms with Gasteiger partial charge in [-0.25, -0.2) is 11.8 Å². The van der Waals surface area contributed by atoms with Crippen LogP contribution in [0.1, 0.15) is 27.7 Å². The van der Waals surface area contributed by atoms with Gasteiger partial charge in [-0.15, -0.1) is 0 Å². The van der Waals surface area contributed by atoms with Gasteiger partial charge >= 0.3 is 0 Å². The first kappa shape index (κ1) is 13.0. The minimum Gasteiger partial charge on any atom is -0.340 e. The summed E-state index contributed by atoms with van der Waals surface area (Å²) in [6.45, 7) is 5.59. The van der Waals surface area contributed by atoms with Crippen molar-refractivity contribution in [3.8, 4) is 0 Å². The fourth-order valence-electron chi connectivity index (χ4n) is 0.791. The molecule has 5 N–H and O–H groups in total. The van der Waals surface area contributed by atoms with Crippen LogP contribution in [-0.2, 0) is 14.2 Å². The van der Waals surface area contributed by atoms with E-state index >= 15 is 0 Å². The molecule has 0 aliphatic heterocycles. The number of hydrogen-bond acceptors (Lipinski definition) is 5. The average Bonchev–Trinajstić information content (AvgIpc) is 2.03. The molecule has 0 amide bonds. The van der Waals surface area contributed by atoms with Crippen LogP contribution in [0.4, 0.5) is 0 Å². The standard InChI is InChI=1S/C6H17N2O4P/c1-5(2,11-7)13(9,10)6(3,4)12-8/h7-8H2,1-4H3,(H,9,10). The van der Waals surface area contributed by atoms with Crippen molar-refractivity contribution in [2.75, 3.05) is 0 Å². The summed E-state index contributed by atoms with van der Waals surface area (Å²) in [7, 11) is -3.79. The molecular weight excluding hydrogens is 195 g/mol. The molecule has 0 aliphatic rings. The Morgan fingerprint density at radius 3 is 1.46 bits per heavy atom. The molecule has 7 heteroatoms. The molecule has 0 saturated heterocycles. The zero-order chi connectivity index (χ0) is 10.9. The van der Waals surface area contributed by atoms with Gasteiger partial charge in [0, 0.05) is 0 Å². The first-order valence-corrected chi connectivity index (χ1v) is 5.37. The van der Waals surface area contributed by atoms with Crippen LogP contribution >= 0.6 is 7.37 Å². The third kappa shape index (κ3) is 2.10. The molecule has 0 heterocycles. The highest BCUT2D eigenvalue weighted by atomic mass is 31.2. The SMILES string of the molecule is CC(C)(ON)P(=O)(O)C(C)(C)ON. The lowest BCUT2D eigenvalue weighted by atomic mass is 10.4. The van der Waals surface area contributed by atoms with E-state index in [1.54, 1.807) is 0 Å². The molecule has 13 heavy (non-hydrogen) atoms. The summed E-state index contributed by atoms with van der Waals surface area (Å²) in [4.78, 5) is 18.6. The van der Waals surface area contributed by atoms with Gasteiger partial charge in [-0.1, -0.05) is 0 Å². The van der Waals surface area contributed by atoms with Gasteiger partial charge in [0.05, 0.1) is 0 Å². The number of nitrogens with two attached hydrogens (primary N) is 2. The van der Waals surface area contributed by atoms with Crippen LogP contribution in [0.2, 0.25) is 0 Å². The minimum absolute atomic E-state index is 1.39. The average molecular weight is 212 g/mol. The lowest BCUT2D eigenvalue weighted by Gasteiger charge is -2.36. The molecule has 0 atom stereocenters. The smallest absolute Gasteiger partial charge is 0.265 e. The van der Waals surface area contributed by atoms with Gasteiger partial charge < -0.3 is 4.89 Å². The Labute approximate surface area is 77.5 Å². The maximum absolute atomic E-state index is 11.9. The van der Waals surface area contributed by atoms with E-state index in [1.807, 2.05) is 0 Å². The molecule has 0 saturated carbocycles. The van der Waals surface area contributed by atoms with E-state index in [2.05, 4.69) is 9.68 Å². The van der Waals surface area contributed by atoms with Crippen LogP contribution in [0.25, 0.3) is 0 Å². The van der Waals surface area contributed by atoms with Gasteiger partial charge in [0.2, 0.25) is 0 Å². The first-order valence-electron chi connectivity index (χ1n) is 3.71. The molecule has 0 radical (unpaired) electrons. The van der Waals surface area contributed by atoms with Gasteiger partial charge in [0.25, 0.3) is 7.37 Å². The molecule has 0 fully saturated rings. The van der Waals surface area contributed by atoms with Crippen LogP contribution < -0.4 is 11.8 Å². The summed E-state index contributed by atoms with van der Waals surface area (Å²) in [5, 5.41) is -2.79. The number of rotatable bonds is 4. The Balaban J connectivity index is 5.08. The van der Waals surface area contributed by atoms with E-state index in [4.69, 9.17) is 11.8 Å². The number of hydrogen-bond donors (Lipinski definition) is 3. The van der Waals surface area contributed by atoms with Crippen LogP contribution in [-0.4, -0.2) is 15.6 Å². The normalized spacial score (nSPS) is 14.7. The van der Waals surface area contributed by atoms with Crippen LogP contribution in [0.5, 0.6) is 0 Å². The summed E-state index contributed by atoms with van der Waals surface area (Å²) < 4.78 is 11.9. The van der Waals surface area contributed by atoms with Gasteiger partial charge in [-0.2, -0.15) is 0 Å². The van der Waals surface area contributed by atoms with Crippen molar-refractivity contribution < 1.29 is 19.1 Å². The van der Waals surface area contributed by atoms with Crippen molar-refractivity contribution in [1.82, 2.24) is 0 Å². The fourth-order valence-corrected chi connectivity index (χ4v) is 2.37. The maximum Gasteiger partial charge on any atom is 0.265 e. The van der Waals surface area contributed by atoms with Crippen LogP contribution in [0, 0.1) is 0 Å². The minimum atomic E-state index is -3.79. The lowest BCUT2D eigenvalue weighted by molar-refractivity contribution is -0.00479. The van der Waals surface area contributed by atoms with Crippen LogP contribution in [0.15, 0.2) is 0 Å². The molecule has 0 aliphatic carbocycles. The molecular formula is C6H17N2O4P. The monoisotopic (exact) mass is 212 g/mol. The quantitative estimate of drug-likeness (QED) is 0.463. The lowest BCUT2D eigenvalue weighted by Crippen LogP contribution is -2.40. The van der Waals surface area contributed by atoms with E-state index in [0.717, 1.165) is 0 Å². The Kier molecular flexibility index (Phi) is 3.66. The topological polar surface area (TPSA) is 108 Å². The Morgan fingerprint density at radius 1 is 1.08 bits per heavy atom. The third-order valence-corrected chi connectivity index (χ3v) is 5.17. The van der Waals surface area contributed by atoms with Crippen molar-refractivity contribution in [2.24, 2.45) is 11.8 Å². The molecule has 0 spiro atoms. The van der Waals surface area contributed by atoms with Crippen molar-refractivity contribution >= 4 is 7.37 Å². The van der Waals surface area contributed by atoms with Crippen molar-refractivity contribution in [2.45, 2.75) is 38.4 Å². The van der Waals surface area contributed by atoms with E-state index in [1.165, 1.54) is 27.7 Å². The molecule has 0 bridgehead atoms. The summed E-state index contributed by atoms with van der Waals surface area (Å²) >= 11 is 0. The highest BCUT2D eigenvalue weighted by Crippen LogP contribution is 2.63. The predicted molar refractivity (Wildman–Crippen MR) is 48.5 cm³/mol. The van der Waals surface area contributed by atoms with E-state index in [-0.39, 0.29) is 0 Å². The van der Waals surface area contributed by atoms with Crippen molar-refractivity contribution in [3.05, 3.63) is 0 Å². The van der Waals surface area contributed by atoms with E-state index in [9.17, 15) is 9.46 Å². The molecule has 0 aromatic rings. The van der Waals surface area contributed by atoms with Gasteiger partial charge in [0.15, 0.2) is 10.7 Å². The van der Waals surface area contributed by atoms with Crippen LogP contribution in [0.3, 0.4) is 0 Å². The summed E-state index contributed by atoms with van der Waals surface area (Å²) in [5.41, 5.74) is 0. The highest BCUT2D eigenvalue weighted by Gasteiger charge is 2.52. The fraction of sp³-hybridized carbons (Fsp3) is 1.00.